The van der Waals surface area contributed by atoms with Crippen molar-refractivity contribution in [3.63, 3.8) is 0 Å². The third-order valence-electron chi connectivity index (χ3n) is 8.55. The first-order valence-electron chi connectivity index (χ1n) is 14.0. The summed E-state index contributed by atoms with van der Waals surface area (Å²) in [5, 5.41) is 11.2. The summed E-state index contributed by atoms with van der Waals surface area (Å²) in [6, 6.07) is 13.2. The van der Waals surface area contributed by atoms with E-state index in [0.29, 0.717) is 11.1 Å². The van der Waals surface area contributed by atoms with E-state index in [2.05, 4.69) is 101 Å². The van der Waals surface area contributed by atoms with Gasteiger partial charge in [0.1, 0.15) is 12.3 Å². The van der Waals surface area contributed by atoms with Gasteiger partial charge in [0.2, 0.25) is 11.5 Å². The molecule has 2 aliphatic heterocycles. The van der Waals surface area contributed by atoms with Crippen molar-refractivity contribution in [3.05, 3.63) is 93.4 Å². The second kappa shape index (κ2) is 9.11. The predicted octanol–water partition coefficient (Wildman–Crippen LogP) is 7.50. The lowest BCUT2D eigenvalue weighted by Gasteiger charge is -2.29. The van der Waals surface area contributed by atoms with E-state index in [-0.39, 0.29) is 22.4 Å². The number of nitrogens with zero attached hydrogens (tertiary/aromatic N) is 2. The van der Waals surface area contributed by atoms with Gasteiger partial charge in [0.05, 0.1) is 16.6 Å². The Kier molecular flexibility index (Phi) is 6.29. The lowest BCUT2D eigenvalue weighted by molar-refractivity contribution is -0.437. The first-order valence-corrected chi connectivity index (χ1v) is 14.0. The largest absolute Gasteiger partial charge is 0.506 e. The van der Waals surface area contributed by atoms with Crippen molar-refractivity contribution in [2.75, 3.05) is 18.0 Å². The molecule has 4 nitrogen and oxygen atoms in total. The summed E-state index contributed by atoms with van der Waals surface area (Å²) in [7, 11) is 0. The summed E-state index contributed by atoms with van der Waals surface area (Å²) in [6.45, 7) is 19.2. The van der Waals surface area contributed by atoms with Crippen molar-refractivity contribution in [1.29, 1.82) is 0 Å². The first kappa shape index (κ1) is 26.2. The number of benzene rings is 2. The molecule has 2 aromatic rings. The van der Waals surface area contributed by atoms with E-state index in [1.165, 1.54) is 33.6 Å². The highest BCUT2D eigenvalue weighted by Gasteiger charge is 2.47. The average Bonchev–Trinajstić information content (AvgIpc) is 3.19. The molecule has 1 N–H and O–H groups in total. The zero-order valence-corrected chi connectivity index (χ0v) is 24.2. The third kappa shape index (κ3) is 3.80. The molecule has 198 valence electrons. The quantitative estimate of drug-likeness (QED) is 0.324. The summed E-state index contributed by atoms with van der Waals surface area (Å²) >= 11 is 0. The van der Waals surface area contributed by atoms with Crippen LogP contribution in [0.5, 0.6) is 0 Å². The van der Waals surface area contributed by atoms with Crippen LogP contribution >= 0.6 is 0 Å². The number of carbonyl (C=O) groups excluding carboxylic acids is 1. The average molecular weight is 510 g/mol. The molecule has 0 amide bonds. The van der Waals surface area contributed by atoms with Crippen LogP contribution in [0.1, 0.15) is 76.6 Å². The Bertz CT molecular complexity index is 1480. The number of Topliss-reactive ketones (excluding diaryl/α,β-unsaturated/α-hetero) is 1. The summed E-state index contributed by atoms with van der Waals surface area (Å²) in [5.41, 5.74) is 9.83. The Labute approximate surface area is 227 Å². The summed E-state index contributed by atoms with van der Waals surface area (Å²) < 4.78 is 2.32. The van der Waals surface area contributed by atoms with Crippen molar-refractivity contribution < 1.29 is 14.5 Å². The summed E-state index contributed by atoms with van der Waals surface area (Å²) in [5.74, 6) is 0.0232. The number of aliphatic hydroxyl groups is 1. The standard InChI is InChI=1S/C34H40N2O2/c1-9-15-35-27-13-11-21(3)17-25(27)33(5,6)29(35)19-23-31(37)24(32(23)38)20-30-34(7,8)26-18-22(4)12-14-28(26)36(30)16-10-2/h11-14,17-20H,9-10,15-16H2,1-8H3/p+1. The van der Waals surface area contributed by atoms with Crippen LogP contribution in [0.25, 0.3) is 0 Å². The fourth-order valence-electron chi connectivity index (χ4n) is 6.41. The predicted molar refractivity (Wildman–Crippen MR) is 157 cm³/mol. The lowest BCUT2D eigenvalue weighted by Crippen LogP contribution is -2.32. The summed E-state index contributed by atoms with van der Waals surface area (Å²) in [6.07, 6.45) is 5.86. The van der Waals surface area contributed by atoms with E-state index >= 15 is 0 Å². The molecular formula is C34H41N2O2+. The summed E-state index contributed by atoms with van der Waals surface area (Å²) in [4.78, 5) is 15.9. The molecule has 0 saturated carbocycles. The van der Waals surface area contributed by atoms with Gasteiger partial charge in [0.15, 0.2) is 5.71 Å². The van der Waals surface area contributed by atoms with E-state index in [4.69, 9.17) is 0 Å². The van der Waals surface area contributed by atoms with Crippen LogP contribution in [-0.2, 0) is 15.6 Å². The molecule has 38 heavy (non-hydrogen) atoms. The molecule has 2 heterocycles. The Hall–Kier alpha value is -3.40. The van der Waals surface area contributed by atoms with Crippen molar-refractivity contribution >= 4 is 22.9 Å². The highest BCUT2D eigenvalue weighted by Crippen LogP contribution is 2.49. The SMILES string of the molecule is CCCN1/C(=C\C2=C(O)C(=C\C3=[N+](CCC)c4ccc(C)cc4C3(C)C)/C2=O)C(C)(C)c2cc(C)ccc21. The van der Waals surface area contributed by atoms with Gasteiger partial charge in [-0.1, -0.05) is 57.0 Å². The van der Waals surface area contributed by atoms with Crippen LogP contribution < -0.4 is 4.90 Å². The smallest absolute Gasteiger partial charge is 0.209 e. The van der Waals surface area contributed by atoms with Gasteiger partial charge in [-0.3, -0.25) is 4.79 Å². The van der Waals surface area contributed by atoms with Crippen LogP contribution in [0.2, 0.25) is 0 Å². The minimum atomic E-state index is -0.261. The van der Waals surface area contributed by atoms with Gasteiger partial charge in [0, 0.05) is 47.5 Å². The molecular weight excluding hydrogens is 468 g/mol. The molecule has 1 aliphatic carbocycles. The maximum absolute atomic E-state index is 13.6. The highest BCUT2D eigenvalue weighted by atomic mass is 16.3. The normalized spacial score (nSPS) is 21.5. The fraction of sp³-hybridized carbons (Fsp3) is 0.412. The number of allylic oxidation sites excluding steroid dienone is 5. The van der Waals surface area contributed by atoms with Crippen LogP contribution in [0.3, 0.4) is 0 Å². The molecule has 0 unspecified atom stereocenters. The minimum Gasteiger partial charge on any atom is -0.506 e. The van der Waals surface area contributed by atoms with E-state index in [0.717, 1.165) is 37.3 Å². The third-order valence-corrected chi connectivity index (χ3v) is 8.55. The second-order valence-corrected chi connectivity index (χ2v) is 12.2. The molecule has 0 saturated heterocycles. The number of rotatable bonds is 6. The molecule has 0 aromatic heterocycles. The number of fused-ring (bicyclic) bond motifs is 2. The number of hydrogen-bond donors (Lipinski definition) is 1. The Morgan fingerprint density at radius 2 is 1.55 bits per heavy atom. The Morgan fingerprint density at radius 1 is 0.895 bits per heavy atom. The second-order valence-electron chi connectivity index (χ2n) is 12.2. The number of anilines is 1. The van der Waals surface area contributed by atoms with Gasteiger partial charge in [-0.2, -0.15) is 4.58 Å². The zero-order chi connectivity index (χ0) is 27.6. The van der Waals surface area contributed by atoms with Gasteiger partial charge in [-0.25, -0.2) is 0 Å². The van der Waals surface area contributed by atoms with Crippen molar-refractivity contribution in [2.45, 2.75) is 79.1 Å². The molecule has 0 spiro atoms. The topological polar surface area (TPSA) is 43.5 Å². The van der Waals surface area contributed by atoms with Crippen molar-refractivity contribution in [1.82, 2.24) is 0 Å². The van der Waals surface area contributed by atoms with Crippen molar-refractivity contribution in [3.8, 4) is 0 Å². The number of ketones is 1. The van der Waals surface area contributed by atoms with E-state index in [1.807, 2.05) is 12.2 Å². The number of hydrogen-bond acceptors (Lipinski definition) is 3. The van der Waals surface area contributed by atoms with Gasteiger partial charge < -0.3 is 10.0 Å². The molecule has 0 radical (unpaired) electrons. The molecule has 0 atom stereocenters. The molecule has 4 heteroatoms. The van der Waals surface area contributed by atoms with Crippen LogP contribution in [0.4, 0.5) is 11.4 Å². The zero-order valence-electron chi connectivity index (χ0n) is 24.2. The maximum Gasteiger partial charge on any atom is 0.209 e. The molecule has 3 aliphatic rings. The number of carbonyl (C=O) groups is 1. The van der Waals surface area contributed by atoms with Crippen LogP contribution in [-0.4, -0.2) is 34.3 Å². The van der Waals surface area contributed by atoms with Gasteiger partial charge in [0.25, 0.3) is 0 Å². The van der Waals surface area contributed by atoms with Gasteiger partial charge >= 0.3 is 0 Å². The Balaban J connectivity index is 1.59. The van der Waals surface area contributed by atoms with Crippen LogP contribution in [0, 0.1) is 13.8 Å². The molecule has 5 rings (SSSR count). The fourth-order valence-corrected chi connectivity index (χ4v) is 6.41. The van der Waals surface area contributed by atoms with Crippen molar-refractivity contribution in [2.24, 2.45) is 0 Å². The van der Waals surface area contributed by atoms with Gasteiger partial charge in [-0.15, -0.1) is 0 Å². The highest BCUT2D eigenvalue weighted by molar-refractivity contribution is 6.24. The molecule has 0 fully saturated rings. The number of aryl methyl sites for hydroxylation is 2. The van der Waals surface area contributed by atoms with E-state index in [9.17, 15) is 9.90 Å². The first-order chi connectivity index (χ1) is 17.9. The minimum absolute atomic E-state index is 0.0822. The maximum atomic E-state index is 13.6. The molecule has 2 aromatic carbocycles. The van der Waals surface area contributed by atoms with E-state index in [1.54, 1.807) is 0 Å². The molecule has 0 bridgehead atoms. The lowest BCUT2D eigenvalue weighted by atomic mass is 9.77. The Morgan fingerprint density at radius 3 is 2.18 bits per heavy atom. The van der Waals surface area contributed by atoms with Crippen LogP contribution in [0.15, 0.2) is 71.2 Å². The van der Waals surface area contributed by atoms with Gasteiger partial charge in [-0.05, 0) is 57.9 Å². The number of aliphatic hydroxyl groups excluding tert-OH is 1. The van der Waals surface area contributed by atoms with E-state index < -0.39 is 0 Å². The monoisotopic (exact) mass is 509 g/mol.